The number of ether oxygens (including phenoxy) is 3. The summed E-state index contributed by atoms with van der Waals surface area (Å²) in [6.45, 7) is 1.52. The summed E-state index contributed by atoms with van der Waals surface area (Å²) < 4.78 is 15.9. The van der Waals surface area contributed by atoms with E-state index in [4.69, 9.17) is 14.2 Å². The minimum absolute atomic E-state index is 0.0520. The Bertz CT molecular complexity index is 869. The Balaban J connectivity index is 1.53. The molecule has 0 aliphatic carbocycles. The lowest BCUT2D eigenvalue weighted by Gasteiger charge is -2.14. The lowest BCUT2D eigenvalue weighted by molar-refractivity contribution is -0.385. The van der Waals surface area contributed by atoms with Crippen molar-refractivity contribution in [2.24, 2.45) is 0 Å². The number of nitro benzene ring substituents is 1. The van der Waals surface area contributed by atoms with Gasteiger partial charge in [0, 0.05) is 18.2 Å². The van der Waals surface area contributed by atoms with Gasteiger partial charge in [-0.25, -0.2) is 0 Å². The third-order valence-corrected chi connectivity index (χ3v) is 3.95. The number of carbonyl (C=O) groups is 1. The number of rotatable bonds is 7. The molecule has 1 aliphatic heterocycles. The SMILES string of the molecule is Cc1cccc(C(=O)NC[C@H](O)COc2ccc3c(c2)OCO3)c1[N+](=O)[O-]. The Kier molecular flexibility index (Phi) is 5.41. The van der Waals surface area contributed by atoms with Gasteiger partial charge in [0.15, 0.2) is 11.5 Å². The van der Waals surface area contributed by atoms with Crippen molar-refractivity contribution in [1.82, 2.24) is 5.32 Å². The first-order valence-electron chi connectivity index (χ1n) is 8.18. The molecule has 1 amide bonds. The van der Waals surface area contributed by atoms with Gasteiger partial charge in [-0.15, -0.1) is 0 Å². The number of aliphatic hydroxyl groups is 1. The number of hydrogen-bond donors (Lipinski definition) is 2. The van der Waals surface area contributed by atoms with Crippen molar-refractivity contribution in [3.8, 4) is 17.2 Å². The van der Waals surface area contributed by atoms with Gasteiger partial charge in [-0.3, -0.25) is 14.9 Å². The molecule has 0 bridgehead atoms. The number of amides is 1. The van der Waals surface area contributed by atoms with E-state index in [-0.39, 0.29) is 31.2 Å². The standard InChI is InChI=1S/C18H18N2O7/c1-11-3-2-4-14(17(11)20(23)24)18(22)19-8-12(21)9-25-13-5-6-15-16(7-13)27-10-26-15/h2-7,12,21H,8-10H2,1H3,(H,19,22)/t12-/m0/s1. The molecule has 1 atom stereocenters. The number of carbonyl (C=O) groups excluding carboxylic acids is 1. The van der Waals surface area contributed by atoms with E-state index in [1.807, 2.05) is 0 Å². The van der Waals surface area contributed by atoms with Crippen LogP contribution in [-0.4, -0.2) is 42.0 Å². The molecule has 2 aromatic carbocycles. The average Bonchev–Trinajstić information content (AvgIpc) is 3.11. The smallest absolute Gasteiger partial charge is 0.285 e. The van der Waals surface area contributed by atoms with Crippen LogP contribution < -0.4 is 19.5 Å². The fourth-order valence-electron chi connectivity index (χ4n) is 2.61. The molecule has 9 nitrogen and oxygen atoms in total. The summed E-state index contributed by atoms with van der Waals surface area (Å²) in [5.41, 5.74) is 0.0873. The number of para-hydroxylation sites is 1. The summed E-state index contributed by atoms with van der Waals surface area (Å²) in [7, 11) is 0. The molecule has 3 rings (SSSR count). The molecule has 0 radical (unpaired) electrons. The van der Waals surface area contributed by atoms with Gasteiger partial charge in [0.05, 0.1) is 4.92 Å². The fourth-order valence-corrected chi connectivity index (χ4v) is 2.61. The lowest BCUT2D eigenvalue weighted by Crippen LogP contribution is -2.35. The van der Waals surface area contributed by atoms with Crippen LogP contribution in [-0.2, 0) is 0 Å². The summed E-state index contributed by atoms with van der Waals surface area (Å²) in [6, 6.07) is 9.51. The minimum Gasteiger partial charge on any atom is -0.491 e. The number of hydrogen-bond acceptors (Lipinski definition) is 7. The Morgan fingerprint density at radius 1 is 1.33 bits per heavy atom. The zero-order chi connectivity index (χ0) is 19.4. The van der Waals surface area contributed by atoms with E-state index in [0.29, 0.717) is 22.8 Å². The number of fused-ring (bicyclic) bond motifs is 1. The van der Waals surface area contributed by atoms with Crippen LogP contribution in [0.15, 0.2) is 36.4 Å². The monoisotopic (exact) mass is 374 g/mol. The summed E-state index contributed by atoms with van der Waals surface area (Å²) >= 11 is 0. The maximum absolute atomic E-state index is 12.2. The van der Waals surface area contributed by atoms with Crippen LogP contribution in [0, 0.1) is 17.0 Å². The van der Waals surface area contributed by atoms with Crippen molar-refractivity contribution in [3.63, 3.8) is 0 Å². The van der Waals surface area contributed by atoms with Gasteiger partial charge in [-0.2, -0.15) is 0 Å². The van der Waals surface area contributed by atoms with Gasteiger partial charge in [-0.1, -0.05) is 12.1 Å². The average molecular weight is 374 g/mol. The van der Waals surface area contributed by atoms with Crippen LogP contribution in [0.2, 0.25) is 0 Å². The van der Waals surface area contributed by atoms with Crippen molar-refractivity contribution in [3.05, 3.63) is 57.6 Å². The largest absolute Gasteiger partial charge is 0.491 e. The lowest BCUT2D eigenvalue weighted by atomic mass is 10.1. The minimum atomic E-state index is -0.997. The first-order valence-corrected chi connectivity index (χ1v) is 8.18. The number of nitrogens with zero attached hydrogens (tertiary/aromatic N) is 1. The predicted octanol–water partition coefficient (Wildman–Crippen LogP) is 1.80. The quantitative estimate of drug-likeness (QED) is 0.560. The number of aliphatic hydroxyl groups excluding tert-OH is 1. The van der Waals surface area contributed by atoms with Crippen LogP contribution in [0.25, 0.3) is 0 Å². The summed E-state index contributed by atoms with van der Waals surface area (Å²) in [5.74, 6) is 1.03. The molecule has 0 saturated heterocycles. The van der Waals surface area contributed by atoms with E-state index < -0.39 is 16.9 Å². The molecule has 2 aromatic rings. The zero-order valence-electron chi connectivity index (χ0n) is 14.5. The van der Waals surface area contributed by atoms with Gasteiger partial charge in [0.1, 0.15) is 24.0 Å². The topological polar surface area (TPSA) is 120 Å². The molecule has 0 saturated carbocycles. The van der Waals surface area contributed by atoms with Crippen LogP contribution in [0.1, 0.15) is 15.9 Å². The molecular weight excluding hydrogens is 356 g/mol. The van der Waals surface area contributed by atoms with Crippen molar-refractivity contribution in [2.45, 2.75) is 13.0 Å². The van der Waals surface area contributed by atoms with E-state index in [2.05, 4.69) is 5.32 Å². The molecule has 1 aliphatic rings. The second-order valence-electron chi connectivity index (χ2n) is 5.92. The third-order valence-electron chi connectivity index (χ3n) is 3.95. The molecule has 9 heteroatoms. The van der Waals surface area contributed by atoms with Crippen LogP contribution in [0.3, 0.4) is 0 Å². The number of nitrogens with one attached hydrogen (secondary N) is 1. The highest BCUT2D eigenvalue weighted by atomic mass is 16.7. The molecule has 1 heterocycles. The number of benzene rings is 2. The van der Waals surface area contributed by atoms with Gasteiger partial charge >= 0.3 is 0 Å². The highest BCUT2D eigenvalue weighted by Gasteiger charge is 2.22. The van der Waals surface area contributed by atoms with Crippen molar-refractivity contribution >= 4 is 11.6 Å². The Labute approximate surface area is 154 Å². The highest BCUT2D eigenvalue weighted by Crippen LogP contribution is 2.35. The fraction of sp³-hybridized carbons (Fsp3) is 0.278. The van der Waals surface area contributed by atoms with Crippen molar-refractivity contribution in [1.29, 1.82) is 0 Å². The first kappa shape index (κ1) is 18.5. The van der Waals surface area contributed by atoms with Crippen LogP contribution in [0.4, 0.5) is 5.69 Å². The summed E-state index contributed by atoms with van der Waals surface area (Å²) in [6.07, 6.45) is -0.997. The molecule has 0 spiro atoms. The normalized spacial score (nSPS) is 13.1. The van der Waals surface area contributed by atoms with E-state index in [0.717, 1.165) is 0 Å². The van der Waals surface area contributed by atoms with Crippen LogP contribution in [0.5, 0.6) is 17.2 Å². The van der Waals surface area contributed by atoms with E-state index in [1.165, 1.54) is 6.07 Å². The highest BCUT2D eigenvalue weighted by molar-refractivity contribution is 5.98. The maximum atomic E-state index is 12.2. The van der Waals surface area contributed by atoms with Crippen LogP contribution >= 0.6 is 0 Å². The number of nitro groups is 1. The molecule has 27 heavy (non-hydrogen) atoms. The third kappa shape index (κ3) is 4.26. The van der Waals surface area contributed by atoms with Gasteiger partial charge in [-0.05, 0) is 25.1 Å². The zero-order valence-corrected chi connectivity index (χ0v) is 14.5. The second kappa shape index (κ2) is 7.92. The number of aryl methyl sites for hydroxylation is 1. The van der Waals surface area contributed by atoms with Gasteiger partial charge < -0.3 is 24.6 Å². The predicted molar refractivity (Wildman–Crippen MR) is 94.2 cm³/mol. The maximum Gasteiger partial charge on any atom is 0.285 e. The molecule has 0 aromatic heterocycles. The summed E-state index contributed by atoms with van der Waals surface area (Å²) in [4.78, 5) is 22.8. The second-order valence-corrected chi connectivity index (χ2v) is 5.92. The Hall–Kier alpha value is -3.33. The van der Waals surface area contributed by atoms with E-state index >= 15 is 0 Å². The van der Waals surface area contributed by atoms with Gasteiger partial charge in [0.2, 0.25) is 6.79 Å². The molecule has 2 N–H and O–H groups in total. The van der Waals surface area contributed by atoms with E-state index in [9.17, 15) is 20.0 Å². The molecule has 0 unspecified atom stereocenters. The molecular formula is C18H18N2O7. The summed E-state index contributed by atoms with van der Waals surface area (Å²) in [5, 5.41) is 23.6. The molecule has 0 fully saturated rings. The first-order chi connectivity index (χ1) is 13.0. The van der Waals surface area contributed by atoms with Gasteiger partial charge in [0.25, 0.3) is 11.6 Å². The Morgan fingerprint density at radius 3 is 2.89 bits per heavy atom. The Morgan fingerprint density at radius 2 is 2.11 bits per heavy atom. The molecule has 142 valence electrons. The van der Waals surface area contributed by atoms with Crippen molar-refractivity contribution < 1.29 is 29.0 Å². The van der Waals surface area contributed by atoms with Crippen molar-refractivity contribution in [2.75, 3.05) is 19.9 Å². The van der Waals surface area contributed by atoms with E-state index in [1.54, 1.807) is 37.3 Å².